The molecule has 0 spiro atoms. The molecule has 0 saturated heterocycles. The Bertz CT molecular complexity index is 1220. The normalized spacial score (nSPS) is 16.6. The van der Waals surface area contributed by atoms with Gasteiger partial charge in [-0.05, 0) is 43.4 Å². The number of carbonyl (C=O) groups is 1. The molecule has 1 aromatic carbocycles. The molecule has 31 heavy (non-hydrogen) atoms. The van der Waals surface area contributed by atoms with Gasteiger partial charge in [-0.25, -0.2) is 9.78 Å². The van der Waals surface area contributed by atoms with Crippen LogP contribution in [0.15, 0.2) is 29.1 Å². The van der Waals surface area contributed by atoms with Gasteiger partial charge in [0.25, 0.3) is 5.56 Å². The Kier molecular flexibility index (Phi) is 5.50. The number of anilines is 2. The number of hydrogen-bond acceptors (Lipinski definition) is 4. The number of halogens is 3. The minimum absolute atomic E-state index is 0.140. The number of carbonyl (C=O) groups excluding carboxylic acids is 1. The number of alkyl halides is 3. The van der Waals surface area contributed by atoms with Gasteiger partial charge in [0.1, 0.15) is 15.7 Å². The summed E-state index contributed by atoms with van der Waals surface area (Å²) in [6.45, 7) is 4.46. The van der Waals surface area contributed by atoms with Gasteiger partial charge in [0.15, 0.2) is 0 Å². The number of thiophene rings is 1. The zero-order chi connectivity index (χ0) is 22.3. The van der Waals surface area contributed by atoms with Crippen molar-refractivity contribution >= 4 is 38.3 Å². The van der Waals surface area contributed by atoms with E-state index < -0.39 is 17.8 Å². The molecule has 2 amide bonds. The molecule has 1 aliphatic rings. The summed E-state index contributed by atoms with van der Waals surface area (Å²) in [6, 6.07) is 3.94. The van der Waals surface area contributed by atoms with Crippen LogP contribution in [0.25, 0.3) is 10.2 Å². The number of para-hydroxylation sites is 1. The summed E-state index contributed by atoms with van der Waals surface area (Å²) in [5, 5.41) is 5.65. The van der Waals surface area contributed by atoms with E-state index in [1.165, 1.54) is 18.2 Å². The van der Waals surface area contributed by atoms with Crippen molar-refractivity contribution in [2.24, 2.45) is 5.92 Å². The summed E-state index contributed by atoms with van der Waals surface area (Å²) in [7, 11) is 0. The quantitative estimate of drug-likeness (QED) is 0.549. The molecule has 2 aromatic heterocycles. The highest BCUT2D eigenvalue weighted by molar-refractivity contribution is 7.22. The zero-order valence-corrected chi connectivity index (χ0v) is 17.8. The van der Waals surface area contributed by atoms with Crippen LogP contribution in [0.2, 0.25) is 0 Å². The average Bonchev–Trinajstić information content (AvgIpc) is 2.87. The largest absolute Gasteiger partial charge is 0.418 e. The fourth-order valence-electron chi connectivity index (χ4n) is 3.76. The summed E-state index contributed by atoms with van der Waals surface area (Å²) < 4.78 is 41.2. The monoisotopic (exact) mass is 450 g/mol. The van der Waals surface area contributed by atoms with Crippen molar-refractivity contribution in [2.45, 2.75) is 45.8 Å². The van der Waals surface area contributed by atoms with Gasteiger partial charge < -0.3 is 5.32 Å². The molecular weight excluding hydrogens is 429 g/mol. The maximum absolute atomic E-state index is 13.2. The Morgan fingerprint density at radius 3 is 2.71 bits per heavy atom. The van der Waals surface area contributed by atoms with E-state index in [2.05, 4.69) is 22.5 Å². The number of nitrogens with one attached hydrogen (secondary N) is 2. The number of fused-ring (bicyclic) bond motifs is 2. The maximum atomic E-state index is 13.2. The molecule has 0 saturated carbocycles. The molecule has 4 rings (SSSR count). The van der Waals surface area contributed by atoms with Crippen molar-refractivity contribution in [3.8, 4) is 0 Å². The summed E-state index contributed by atoms with van der Waals surface area (Å²) in [5.41, 5.74) is -0.857. The predicted octanol–water partition coefficient (Wildman–Crippen LogP) is 5.40. The van der Waals surface area contributed by atoms with Crippen LogP contribution in [-0.2, 0) is 19.1 Å². The number of hydrogen-bond donors (Lipinski definition) is 2. The molecule has 0 radical (unpaired) electrons. The lowest BCUT2D eigenvalue weighted by atomic mass is 10.0. The lowest BCUT2D eigenvalue weighted by molar-refractivity contribution is -0.136. The van der Waals surface area contributed by atoms with Crippen molar-refractivity contribution in [3.05, 3.63) is 51.6 Å². The predicted molar refractivity (Wildman–Crippen MR) is 115 cm³/mol. The topological polar surface area (TPSA) is 76.0 Å². The minimum atomic E-state index is -4.59. The van der Waals surface area contributed by atoms with Gasteiger partial charge in [0.2, 0.25) is 0 Å². The first-order valence-electron chi connectivity index (χ1n) is 9.92. The first kappa shape index (κ1) is 21.4. The van der Waals surface area contributed by atoms with Gasteiger partial charge in [-0.1, -0.05) is 30.4 Å². The Balaban J connectivity index is 1.63. The summed E-state index contributed by atoms with van der Waals surface area (Å²) in [6.07, 6.45) is -2.03. The number of benzene rings is 1. The van der Waals surface area contributed by atoms with Crippen molar-refractivity contribution in [3.63, 3.8) is 0 Å². The van der Waals surface area contributed by atoms with E-state index in [9.17, 15) is 22.8 Å². The lowest BCUT2D eigenvalue weighted by Crippen LogP contribution is -2.24. The summed E-state index contributed by atoms with van der Waals surface area (Å²) in [4.78, 5) is 30.7. The SMILES string of the molecule is Cc1c(NC(=O)Nc2ccccc2C(F)(F)F)sc2nc3n(c(=O)c12)CC[C@H](C)CC3. The molecule has 0 unspecified atom stereocenters. The Labute approximate surface area is 180 Å². The van der Waals surface area contributed by atoms with Crippen molar-refractivity contribution < 1.29 is 18.0 Å². The number of amides is 2. The zero-order valence-electron chi connectivity index (χ0n) is 17.0. The van der Waals surface area contributed by atoms with Crippen molar-refractivity contribution in [1.29, 1.82) is 0 Å². The van der Waals surface area contributed by atoms with Crippen LogP contribution in [0.1, 0.15) is 36.7 Å². The van der Waals surface area contributed by atoms with Gasteiger partial charge >= 0.3 is 12.2 Å². The number of rotatable bonds is 2. The molecule has 164 valence electrons. The third-order valence-corrected chi connectivity index (χ3v) is 6.64. The van der Waals surface area contributed by atoms with E-state index in [0.717, 1.165) is 36.1 Å². The summed E-state index contributed by atoms with van der Waals surface area (Å²) in [5.74, 6) is 1.25. The Morgan fingerprint density at radius 2 is 1.97 bits per heavy atom. The highest BCUT2D eigenvalue weighted by Gasteiger charge is 2.33. The third-order valence-electron chi connectivity index (χ3n) is 5.54. The first-order valence-corrected chi connectivity index (χ1v) is 10.7. The van der Waals surface area contributed by atoms with E-state index in [-0.39, 0.29) is 11.2 Å². The van der Waals surface area contributed by atoms with Gasteiger partial charge in [-0.2, -0.15) is 13.2 Å². The molecule has 1 atom stereocenters. The van der Waals surface area contributed by atoms with Crippen LogP contribution in [-0.4, -0.2) is 15.6 Å². The number of aromatic nitrogens is 2. The third kappa shape index (κ3) is 4.16. The molecule has 0 fully saturated rings. The maximum Gasteiger partial charge on any atom is 0.418 e. The van der Waals surface area contributed by atoms with Crippen molar-refractivity contribution in [1.82, 2.24) is 9.55 Å². The number of aryl methyl sites for hydroxylation is 2. The van der Waals surface area contributed by atoms with E-state index in [1.807, 2.05) is 0 Å². The second kappa shape index (κ2) is 7.99. The van der Waals surface area contributed by atoms with Gasteiger partial charge in [-0.15, -0.1) is 0 Å². The molecule has 6 nitrogen and oxygen atoms in total. The highest BCUT2D eigenvalue weighted by Crippen LogP contribution is 2.36. The van der Waals surface area contributed by atoms with Crippen LogP contribution in [0, 0.1) is 12.8 Å². The Morgan fingerprint density at radius 1 is 1.23 bits per heavy atom. The molecule has 0 bridgehead atoms. The van der Waals surface area contributed by atoms with E-state index in [4.69, 9.17) is 0 Å². The fourth-order valence-corrected chi connectivity index (χ4v) is 4.85. The average molecular weight is 450 g/mol. The van der Waals surface area contributed by atoms with Crippen LogP contribution >= 0.6 is 11.3 Å². The molecule has 1 aliphatic heterocycles. The smallest absolute Gasteiger partial charge is 0.307 e. The molecule has 0 aliphatic carbocycles. The molecular formula is C21H21F3N4O2S. The van der Waals surface area contributed by atoms with Gasteiger partial charge in [-0.3, -0.25) is 14.7 Å². The van der Waals surface area contributed by atoms with Crippen LogP contribution < -0.4 is 16.2 Å². The van der Waals surface area contributed by atoms with E-state index in [1.54, 1.807) is 11.5 Å². The number of urea groups is 1. The van der Waals surface area contributed by atoms with Gasteiger partial charge in [0.05, 0.1) is 16.6 Å². The lowest BCUT2D eigenvalue weighted by Gasteiger charge is -2.13. The second-order valence-corrected chi connectivity index (χ2v) is 8.78. The van der Waals surface area contributed by atoms with Crippen molar-refractivity contribution in [2.75, 3.05) is 10.6 Å². The molecule has 3 heterocycles. The van der Waals surface area contributed by atoms with E-state index in [0.29, 0.717) is 39.7 Å². The molecule has 10 heteroatoms. The molecule has 2 N–H and O–H groups in total. The molecule has 3 aromatic rings. The van der Waals surface area contributed by atoms with Gasteiger partial charge in [0, 0.05) is 13.0 Å². The standard InChI is InChI=1S/C21H21F3N4O2S/c1-11-7-8-15-26-18-16(19(29)28(15)10-9-11)12(2)17(31-18)27-20(30)25-14-6-4-3-5-13(14)21(22,23)24/h3-6,11H,7-10H2,1-2H3,(H2,25,27,30)/t11-/m1/s1. The highest BCUT2D eigenvalue weighted by atomic mass is 32.1. The number of nitrogens with zero attached hydrogens (tertiary/aromatic N) is 2. The second-order valence-electron chi connectivity index (χ2n) is 7.78. The van der Waals surface area contributed by atoms with Crippen LogP contribution in [0.5, 0.6) is 0 Å². The fraction of sp³-hybridized carbons (Fsp3) is 0.381. The van der Waals surface area contributed by atoms with Crippen LogP contribution in [0.4, 0.5) is 28.7 Å². The minimum Gasteiger partial charge on any atom is -0.307 e. The first-order chi connectivity index (χ1) is 14.6. The Hall–Kier alpha value is -2.88. The summed E-state index contributed by atoms with van der Waals surface area (Å²) >= 11 is 1.15. The van der Waals surface area contributed by atoms with Crippen LogP contribution in [0.3, 0.4) is 0 Å². The van der Waals surface area contributed by atoms with E-state index >= 15 is 0 Å².